The minimum Gasteiger partial charge on any atom is -0.489 e. The standard InChI is InChI=1S/C26H22O3/c1-18-11-12-19(2)21(15-18)17-28-22-13-14-23-25(16-22)29-24(26(23)27)10-6-9-20-7-4-3-5-8-20/h3-16H,17H2,1-2H3/b9-6+,24-10-. The lowest BCUT2D eigenvalue weighted by Gasteiger charge is -2.10. The van der Waals surface area contributed by atoms with Crippen molar-refractivity contribution < 1.29 is 14.3 Å². The van der Waals surface area contributed by atoms with Crippen LogP contribution >= 0.6 is 0 Å². The Balaban J connectivity index is 1.46. The van der Waals surface area contributed by atoms with Crippen LogP contribution in [0.2, 0.25) is 0 Å². The first-order valence-electron chi connectivity index (χ1n) is 9.59. The van der Waals surface area contributed by atoms with E-state index in [2.05, 4.69) is 32.0 Å². The molecule has 0 spiro atoms. The summed E-state index contributed by atoms with van der Waals surface area (Å²) in [5, 5.41) is 0. The van der Waals surface area contributed by atoms with E-state index in [1.165, 1.54) is 11.1 Å². The number of ketones is 1. The van der Waals surface area contributed by atoms with Crippen LogP contribution in [0.3, 0.4) is 0 Å². The molecule has 3 aromatic rings. The summed E-state index contributed by atoms with van der Waals surface area (Å²) >= 11 is 0. The predicted molar refractivity (Wildman–Crippen MR) is 115 cm³/mol. The Bertz CT molecular complexity index is 1110. The van der Waals surface area contributed by atoms with E-state index in [4.69, 9.17) is 9.47 Å². The van der Waals surface area contributed by atoms with Gasteiger partial charge < -0.3 is 9.47 Å². The van der Waals surface area contributed by atoms with Gasteiger partial charge in [0.25, 0.3) is 0 Å². The summed E-state index contributed by atoms with van der Waals surface area (Å²) in [6.07, 6.45) is 5.46. The van der Waals surface area contributed by atoms with E-state index >= 15 is 0 Å². The van der Waals surface area contributed by atoms with Gasteiger partial charge in [-0.15, -0.1) is 0 Å². The summed E-state index contributed by atoms with van der Waals surface area (Å²) in [6.45, 7) is 4.61. The fourth-order valence-corrected chi connectivity index (χ4v) is 3.20. The number of carbonyl (C=O) groups excluding carboxylic acids is 1. The molecule has 3 heteroatoms. The number of aryl methyl sites for hydroxylation is 2. The molecule has 0 aliphatic carbocycles. The fourth-order valence-electron chi connectivity index (χ4n) is 3.20. The molecule has 1 heterocycles. The summed E-state index contributed by atoms with van der Waals surface area (Å²) in [5.74, 6) is 1.42. The van der Waals surface area contributed by atoms with Crippen LogP contribution in [0.5, 0.6) is 11.5 Å². The molecular weight excluding hydrogens is 360 g/mol. The van der Waals surface area contributed by atoms with E-state index in [0.29, 0.717) is 29.4 Å². The zero-order valence-corrected chi connectivity index (χ0v) is 16.5. The number of Topliss-reactive ketones (excluding diaryl/α,β-unsaturated/α-hetero) is 1. The molecule has 29 heavy (non-hydrogen) atoms. The van der Waals surface area contributed by atoms with E-state index in [9.17, 15) is 4.79 Å². The van der Waals surface area contributed by atoms with Crippen LogP contribution in [-0.2, 0) is 6.61 Å². The zero-order chi connectivity index (χ0) is 20.2. The Labute approximate surface area is 170 Å². The SMILES string of the molecule is Cc1ccc(C)c(COc2ccc3c(c2)O/C(=C\C=C\c2ccccc2)C3=O)c1. The molecule has 0 atom stereocenters. The van der Waals surface area contributed by atoms with E-state index in [1.807, 2.05) is 48.6 Å². The number of benzene rings is 3. The average Bonchev–Trinajstić information content (AvgIpc) is 3.04. The molecule has 0 fully saturated rings. The van der Waals surface area contributed by atoms with Crippen molar-refractivity contribution in [1.82, 2.24) is 0 Å². The number of carbonyl (C=O) groups is 1. The predicted octanol–water partition coefficient (Wildman–Crippen LogP) is 6.05. The lowest BCUT2D eigenvalue weighted by molar-refractivity contribution is 0.101. The normalized spacial score (nSPS) is 14.3. The average molecular weight is 382 g/mol. The maximum atomic E-state index is 12.5. The van der Waals surface area contributed by atoms with Gasteiger partial charge in [-0.2, -0.15) is 0 Å². The molecule has 0 saturated carbocycles. The summed E-state index contributed by atoms with van der Waals surface area (Å²) < 4.78 is 11.7. The van der Waals surface area contributed by atoms with E-state index in [-0.39, 0.29) is 5.78 Å². The highest BCUT2D eigenvalue weighted by Gasteiger charge is 2.27. The molecule has 3 nitrogen and oxygen atoms in total. The van der Waals surface area contributed by atoms with Gasteiger partial charge in [-0.25, -0.2) is 0 Å². The molecule has 4 rings (SSSR count). The van der Waals surface area contributed by atoms with Crippen LogP contribution in [0, 0.1) is 13.8 Å². The van der Waals surface area contributed by atoms with Gasteiger partial charge in [0.2, 0.25) is 5.78 Å². The Kier molecular flexibility index (Phi) is 5.30. The van der Waals surface area contributed by atoms with Gasteiger partial charge in [0, 0.05) is 6.07 Å². The monoisotopic (exact) mass is 382 g/mol. The molecule has 0 N–H and O–H groups in total. The van der Waals surface area contributed by atoms with E-state index in [1.54, 1.807) is 18.2 Å². The van der Waals surface area contributed by atoms with Crippen LogP contribution in [0.4, 0.5) is 0 Å². The summed E-state index contributed by atoms with van der Waals surface area (Å²) in [6, 6.07) is 21.6. The molecule has 0 unspecified atom stereocenters. The Morgan fingerprint density at radius 2 is 1.79 bits per heavy atom. The van der Waals surface area contributed by atoms with Gasteiger partial charge in [0.1, 0.15) is 18.1 Å². The molecule has 0 saturated heterocycles. The van der Waals surface area contributed by atoms with Crippen molar-refractivity contribution in [2.45, 2.75) is 20.5 Å². The highest BCUT2D eigenvalue weighted by molar-refractivity contribution is 6.12. The van der Waals surface area contributed by atoms with Crippen LogP contribution in [-0.4, -0.2) is 5.78 Å². The summed E-state index contributed by atoms with van der Waals surface area (Å²) in [4.78, 5) is 12.5. The van der Waals surface area contributed by atoms with Crippen molar-refractivity contribution in [3.8, 4) is 11.5 Å². The van der Waals surface area contributed by atoms with Crippen LogP contribution < -0.4 is 9.47 Å². The largest absolute Gasteiger partial charge is 0.489 e. The second kappa shape index (κ2) is 8.19. The van der Waals surface area contributed by atoms with Crippen molar-refractivity contribution in [2.24, 2.45) is 0 Å². The van der Waals surface area contributed by atoms with Gasteiger partial charge in [-0.1, -0.05) is 66.2 Å². The topological polar surface area (TPSA) is 35.5 Å². The number of hydrogen-bond acceptors (Lipinski definition) is 3. The van der Waals surface area contributed by atoms with E-state index < -0.39 is 0 Å². The molecule has 0 radical (unpaired) electrons. The third-order valence-corrected chi connectivity index (χ3v) is 4.88. The Morgan fingerprint density at radius 3 is 2.62 bits per heavy atom. The minimum atomic E-state index is -0.112. The lowest BCUT2D eigenvalue weighted by Crippen LogP contribution is -1.99. The molecule has 144 valence electrons. The van der Waals surface area contributed by atoms with Crippen LogP contribution in [0.15, 0.2) is 84.6 Å². The van der Waals surface area contributed by atoms with Gasteiger partial charge >= 0.3 is 0 Å². The van der Waals surface area contributed by atoms with Crippen molar-refractivity contribution in [2.75, 3.05) is 0 Å². The molecular formula is C26H22O3. The Hall–Kier alpha value is -3.59. The number of hydrogen-bond donors (Lipinski definition) is 0. The Morgan fingerprint density at radius 1 is 0.966 bits per heavy atom. The zero-order valence-electron chi connectivity index (χ0n) is 16.5. The molecule has 0 amide bonds. The minimum absolute atomic E-state index is 0.112. The first-order chi connectivity index (χ1) is 14.1. The van der Waals surface area contributed by atoms with Gasteiger partial charge in [-0.05, 0) is 48.7 Å². The summed E-state index contributed by atoms with van der Waals surface area (Å²) in [5.41, 5.74) is 5.17. The van der Waals surface area contributed by atoms with Crippen LogP contribution in [0.1, 0.15) is 32.6 Å². The van der Waals surface area contributed by atoms with Gasteiger partial charge in [0.05, 0.1) is 5.56 Å². The number of fused-ring (bicyclic) bond motifs is 1. The third-order valence-electron chi connectivity index (χ3n) is 4.88. The maximum absolute atomic E-state index is 12.5. The van der Waals surface area contributed by atoms with E-state index in [0.717, 1.165) is 11.1 Å². The fraction of sp³-hybridized carbons (Fsp3) is 0.115. The molecule has 0 bridgehead atoms. The van der Waals surface area contributed by atoms with Crippen molar-refractivity contribution in [3.05, 3.63) is 112 Å². The van der Waals surface area contributed by atoms with Crippen molar-refractivity contribution >= 4 is 11.9 Å². The number of rotatable bonds is 5. The quantitative estimate of drug-likeness (QED) is 0.504. The van der Waals surface area contributed by atoms with Crippen LogP contribution in [0.25, 0.3) is 6.08 Å². The molecule has 0 aromatic heterocycles. The highest BCUT2D eigenvalue weighted by atomic mass is 16.5. The smallest absolute Gasteiger partial charge is 0.231 e. The number of allylic oxidation sites excluding steroid dienone is 3. The first kappa shape index (κ1) is 18.8. The molecule has 3 aromatic carbocycles. The van der Waals surface area contributed by atoms with Gasteiger partial charge in [0.15, 0.2) is 5.76 Å². The number of ether oxygens (including phenoxy) is 2. The second-order valence-electron chi connectivity index (χ2n) is 7.11. The highest BCUT2D eigenvalue weighted by Crippen LogP contribution is 2.34. The maximum Gasteiger partial charge on any atom is 0.231 e. The van der Waals surface area contributed by atoms with Gasteiger partial charge in [-0.3, -0.25) is 4.79 Å². The second-order valence-corrected chi connectivity index (χ2v) is 7.11. The molecule has 1 aliphatic rings. The van der Waals surface area contributed by atoms with Crippen molar-refractivity contribution in [1.29, 1.82) is 0 Å². The van der Waals surface area contributed by atoms with Crippen molar-refractivity contribution in [3.63, 3.8) is 0 Å². The lowest BCUT2D eigenvalue weighted by atomic mass is 10.1. The first-order valence-corrected chi connectivity index (χ1v) is 9.59. The molecule has 1 aliphatic heterocycles. The third kappa shape index (κ3) is 4.30. The summed E-state index contributed by atoms with van der Waals surface area (Å²) in [7, 11) is 0.